The summed E-state index contributed by atoms with van der Waals surface area (Å²) in [7, 11) is -7.67. The average molecular weight is 588 g/mol. The fraction of sp³-hybridized carbons (Fsp3) is 0.185. The van der Waals surface area contributed by atoms with Crippen molar-refractivity contribution in [2.24, 2.45) is 0 Å². The van der Waals surface area contributed by atoms with E-state index in [9.17, 15) is 13.0 Å². The molecule has 0 saturated carbocycles. The first-order valence-corrected chi connectivity index (χ1v) is 15.5. The van der Waals surface area contributed by atoms with E-state index in [1.165, 1.54) is 3.97 Å². The van der Waals surface area contributed by atoms with E-state index in [0.29, 0.717) is 16.8 Å². The van der Waals surface area contributed by atoms with E-state index in [2.05, 4.69) is 15.9 Å². The smallest absolute Gasteiger partial charge is 0.309 e. The van der Waals surface area contributed by atoms with Crippen LogP contribution in [0.3, 0.4) is 0 Å². The highest BCUT2D eigenvalue weighted by atomic mass is 79.9. The molecule has 0 N–H and O–H groups in total. The maximum atomic E-state index is 14.0. The van der Waals surface area contributed by atoms with E-state index >= 15 is 0 Å². The molecular weight excluding hydrogens is 561 g/mol. The summed E-state index contributed by atoms with van der Waals surface area (Å²) in [6.45, 7) is 3.81. The molecule has 6 nitrogen and oxygen atoms in total. The van der Waals surface area contributed by atoms with Gasteiger partial charge in [-0.2, -0.15) is 0 Å². The zero-order valence-corrected chi connectivity index (χ0v) is 23.3. The van der Waals surface area contributed by atoms with E-state index in [-0.39, 0.29) is 24.3 Å². The lowest BCUT2D eigenvalue weighted by atomic mass is 10.1. The molecule has 3 aromatic carbocycles. The van der Waals surface area contributed by atoms with Crippen LogP contribution in [-0.2, 0) is 29.8 Å². The molecule has 4 rings (SSSR count). The fourth-order valence-electron chi connectivity index (χ4n) is 4.09. The minimum atomic E-state index is -4.03. The van der Waals surface area contributed by atoms with Gasteiger partial charge in [-0.05, 0) is 43.7 Å². The quantitative estimate of drug-likeness (QED) is 0.179. The van der Waals surface area contributed by atoms with Crippen molar-refractivity contribution < 1.29 is 22.0 Å². The van der Waals surface area contributed by atoms with Crippen molar-refractivity contribution in [1.29, 1.82) is 0 Å². The highest BCUT2D eigenvalue weighted by Gasteiger charge is 2.33. The van der Waals surface area contributed by atoms with Crippen LogP contribution in [0, 0.1) is 0 Å². The van der Waals surface area contributed by atoms with Gasteiger partial charge in [0, 0.05) is 15.4 Å². The molecule has 0 radical (unpaired) electrons. The molecule has 0 aliphatic heterocycles. The number of hydrogen-bond donors (Lipinski definition) is 0. The van der Waals surface area contributed by atoms with Crippen LogP contribution >= 0.6 is 23.5 Å². The highest BCUT2D eigenvalue weighted by Crippen LogP contribution is 2.53. The predicted octanol–water partition coefficient (Wildman–Crippen LogP) is 7.58. The normalized spacial score (nSPS) is 12.5. The lowest BCUT2D eigenvalue weighted by molar-refractivity contribution is 0.219. The van der Waals surface area contributed by atoms with Gasteiger partial charge in [0.2, 0.25) is 0 Å². The summed E-state index contributed by atoms with van der Waals surface area (Å²) >= 11 is 3.56. The molecule has 1 heterocycles. The first kappa shape index (κ1) is 26.6. The first-order valence-electron chi connectivity index (χ1n) is 11.5. The van der Waals surface area contributed by atoms with E-state index in [4.69, 9.17) is 9.05 Å². The van der Waals surface area contributed by atoms with Gasteiger partial charge in [0.05, 0.1) is 35.5 Å². The summed E-state index contributed by atoms with van der Waals surface area (Å²) in [5, 5.41) is 0.717. The molecule has 9 heteroatoms. The molecule has 0 fully saturated rings. The molecule has 0 aliphatic rings. The third-order valence-electron chi connectivity index (χ3n) is 5.58. The molecule has 0 bridgehead atoms. The van der Waals surface area contributed by atoms with Crippen LogP contribution in [0.15, 0.2) is 88.2 Å². The largest absolute Gasteiger partial charge is 0.336 e. The molecule has 4 aromatic rings. The summed E-state index contributed by atoms with van der Waals surface area (Å²) in [6.07, 6.45) is 3.56. The Bertz CT molecular complexity index is 1540. The summed E-state index contributed by atoms with van der Waals surface area (Å²) in [4.78, 5) is 0.135. The molecule has 0 spiro atoms. The van der Waals surface area contributed by atoms with E-state index in [0.717, 1.165) is 15.4 Å². The number of halogens is 1. The fourth-order valence-corrected chi connectivity index (χ4v) is 7.90. The van der Waals surface area contributed by atoms with Gasteiger partial charge in [0.25, 0.3) is 10.0 Å². The van der Waals surface area contributed by atoms with Crippen LogP contribution in [0.1, 0.15) is 30.7 Å². The van der Waals surface area contributed by atoms with Crippen LogP contribution in [0.5, 0.6) is 0 Å². The number of aromatic nitrogens is 1. The van der Waals surface area contributed by atoms with Crippen molar-refractivity contribution in [3.63, 3.8) is 0 Å². The average Bonchev–Trinajstić information content (AvgIpc) is 3.17. The van der Waals surface area contributed by atoms with Crippen LogP contribution in [0.2, 0.25) is 0 Å². The number of benzene rings is 3. The second-order valence-corrected chi connectivity index (χ2v) is 12.6. The molecule has 0 unspecified atom stereocenters. The van der Waals surface area contributed by atoms with E-state index in [1.807, 2.05) is 48.6 Å². The summed E-state index contributed by atoms with van der Waals surface area (Å²) in [6, 6.07) is 23.2. The maximum Gasteiger partial charge on any atom is 0.336 e. The lowest BCUT2D eigenvalue weighted by Gasteiger charge is -2.19. The number of para-hydroxylation sites is 1. The zero-order valence-electron chi connectivity index (χ0n) is 20.0. The van der Waals surface area contributed by atoms with Gasteiger partial charge in [-0.25, -0.2) is 12.4 Å². The van der Waals surface area contributed by atoms with E-state index < -0.39 is 17.6 Å². The first-order chi connectivity index (χ1) is 17.3. The second-order valence-electron chi connectivity index (χ2n) is 7.92. The van der Waals surface area contributed by atoms with Gasteiger partial charge >= 0.3 is 7.60 Å². The Kier molecular flexibility index (Phi) is 8.33. The lowest BCUT2D eigenvalue weighted by Crippen LogP contribution is -2.17. The molecule has 36 heavy (non-hydrogen) atoms. The van der Waals surface area contributed by atoms with Crippen molar-refractivity contribution in [3.8, 4) is 0 Å². The Morgan fingerprint density at radius 3 is 2.14 bits per heavy atom. The molecule has 0 saturated heterocycles. The number of hydrogen-bond acceptors (Lipinski definition) is 5. The van der Waals surface area contributed by atoms with Crippen molar-refractivity contribution >= 4 is 56.6 Å². The Balaban J connectivity index is 2.03. The van der Waals surface area contributed by atoms with Crippen LogP contribution in [-0.4, -0.2) is 25.6 Å². The van der Waals surface area contributed by atoms with Gasteiger partial charge in [-0.15, -0.1) is 0 Å². The van der Waals surface area contributed by atoms with Crippen molar-refractivity contribution in [2.45, 2.75) is 24.9 Å². The van der Waals surface area contributed by atoms with Crippen molar-refractivity contribution in [3.05, 3.63) is 100 Å². The topological polar surface area (TPSA) is 74.6 Å². The SMILES string of the molecule is CCOP(=O)(Cc1c(/C=C/c2ccccc2Br)c2ccccc2n1S(=O)(=O)c1ccccc1)OCC. The molecule has 0 aliphatic carbocycles. The van der Waals surface area contributed by atoms with Crippen LogP contribution in [0.4, 0.5) is 0 Å². The molecule has 0 amide bonds. The van der Waals surface area contributed by atoms with Gasteiger partial charge < -0.3 is 9.05 Å². The Labute approximate surface area is 220 Å². The molecule has 1 aromatic heterocycles. The summed E-state index contributed by atoms with van der Waals surface area (Å²) < 4.78 is 54.9. The van der Waals surface area contributed by atoms with Gasteiger partial charge in [-0.3, -0.25) is 4.57 Å². The highest BCUT2D eigenvalue weighted by molar-refractivity contribution is 9.10. The van der Waals surface area contributed by atoms with Crippen LogP contribution in [0.25, 0.3) is 23.1 Å². The van der Waals surface area contributed by atoms with Crippen LogP contribution < -0.4 is 0 Å². The predicted molar refractivity (Wildman–Crippen MR) is 149 cm³/mol. The zero-order chi connectivity index (χ0) is 25.8. The van der Waals surface area contributed by atoms with Gasteiger partial charge in [0.1, 0.15) is 0 Å². The van der Waals surface area contributed by atoms with Gasteiger partial charge in [-0.1, -0.05) is 82.7 Å². The monoisotopic (exact) mass is 587 g/mol. The van der Waals surface area contributed by atoms with Gasteiger partial charge in [0.15, 0.2) is 0 Å². The number of rotatable bonds is 10. The van der Waals surface area contributed by atoms with E-state index in [1.54, 1.807) is 56.3 Å². The molecule has 188 valence electrons. The third kappa shape index (κ3) is 5.43. The van der Waals surface area contributed by atoms with Crippen molar-refractivity contribution in [1.82, 2.24) is 3.97 Å². The minimum Gasteiger partial charge on any atom is -0.309 e. The molecular formula is C27H27BrNO5PS. The summed E-state index contributed by atoms with van der Waals surface area (Å²) in [5.41, 5.74) is 2.39. The minimum absolute atomic E-state index is 0.135. The number of fused-ring (bicyclic) bond motifs is 1. The third-order valence-corrected chi connectivity index (χ3v) is 10.1. The second kappa shape index (κ2) is 11.3. The summed E-state index contributed by atoms with van der Waals surface area (Å²) in [5.74, 6) is 0. The van der Waals surface area contributed by atoms with Crippen molar-refractivity contribution in [2.75, 3.05) is 13.2 Å². The standard InChI is InChI=1S/C27H27BrNO5PS/c1-3-33-35(30,34-4-2)20-27-24(19-18-21-12-8-10-16-25(21)28)23-15-9-11-17-26(23)29(27)36(31,32)22-13-6-5-7-14-22/h5-19H,3-4,20H2,1-2H3/b19-18+. The number of nitrogens with zero attached hydrogens (tertiary/aromatic N) is 1. The Morgan fingerprint density at radius 2 is 1.47 bits per heavy atom. The molecule has 0 atom stereocenters. The Morgan fingerprint density at radius 1 is 0.861 bits per heavy atom. The Hall–Kier alpha value is -2.48. The maximum absolute atomic E-state index is 14.0.